The third-order valence-corrected chi connectivity index (χ3v) is 2.90. The molecule has 2 saturated carbocycles. The summed E-state index contributed by atoms with van der Waals surface area (Å²) in [7, 11) is 0. The Balaban J connectivity index is 0.000000151. The van der Waals surface area contributed by atoms with Gasteiger partial charge in [-0.2, -0.15) is 0 Å². The normalized spacial score (nSPS) is 36.4. The van der Waals surface area contributed by atoms with Crippen LogP contribution in [-0.4, -0.2) is 23.9 Å². The molecule has 6 heteroatoms. The molecule has 0 saturated heterocycles. The molecule has 2 aliphatic rings. The highest BCUT2D eigenvalue weighted by Gasteiger charge is 2.45. The van der Waals surface area contributed by atoms with Gasteiger partial charge in [-0.1, -0.05) is 0 Å². The minimum absolute atomic E-state index is 0.0197. The zero-order valence-electron chi connectivity index (χ0n) is 8.36. The van der Waals surface area contributed by atoms with Crippen LogP contribution in [0.3, 0.4) is 0 Å². The maximum atomic E-state index is 12.2. The van der Waals surface area contributed by atoms with Crippen LogP contribution in [0.4, 0.5) is 17.6 Å². The number of hydrogen-bond donors (Lipinski definition) is 2. The molecule has 2 fully saturated rings. The van der Waals surface area contributed by atoms with Gasteiger partial charge in [0.15, 0.2) is 0 Å². The molecule has 0 amide bonds. The first-order chi connectivity index (χ1) is 6.76. The monoisotopic (exact) mass is 228 g/mol. The van der Waals surface area contributed by atoms with Crippen molar-refractivity contribution in [1.29, 1.82) is 0 Å². The Morgan fingerprint density at radius 1 is 0.800 bits per heavy atom. The molecule has 15 heavy (non-hydrogen) atoms. The summed E-state index contributed by atoms with van der Waals surface area (Å²) in [6.07, 6.45) is 1.50. The quantitative estimate of drug-likeness (QED) is 0.622. The van der Waals surface area contributed by atoms with Crippen molar-refractivity contribution < 1.29 is 17.6 Å². The third kappa shape index (κ3) is 3.04. The van der Waals surface area contributed by atoms with Crippen molar-refractivity contribution >= 4 is 0 Å². The maximum Gasteiger partial charge on any atom is 0.262 e. The van der Waals surface area contributed by atoms with E-state index >= 15 is 0 Å². The molecule has 0 aliphatic heterocycles. The summed E-state index contributed by atoms with van der Waals surface area (Å²) < 4.78 is 48.0. The van der Waals surface area contributed by atoms with Gasteiger partial charge in [0.25, 0.3) is 11.8 Å². The largest absolute Gasteiger partial charge is 0.323 e. The molecule has 2 rings (SSSR count). The highest BCUT2D eigenvalue weighted by Crippen LogP contribution is 2.35. The fourth-order valence-corrected chi connectivity index (χ4v) is 1.48. The number of rotatable bonds is 0. The topological polar surface area (TPSA) is 52.0 Å². The van der Waals surface area contributed by atoms with Gasteiger partial charge in [0, 0.05) is 12.8 Å². The van der Waals surface area contributed by atoms with Gasteiger partial charge in [0.05, 0.1) is 12.1 Å². The second-order valence-corrected chi connectivity index (χ2v) is 4.17. The van der Waals surface area contributed by atoms with Crippen LogP contribution in [0.25, 0.3) is 0 Å². The number of halogens is 4. The van der Waals surface area contributed by atoms with E-state index in [1.165, 1.54) is 0 Å². The Kier molecular flexibility index (Phi) is 3.60. The van der Waals surface area contributed by atoms with E-state index in [2.05, 4.69) is 0 Å². The van der Waals surface area contributed by atoms with Crippen LogP contribution in [0.15, 0.2) is 0 Å². The molecule has 0 radical (unpaired) electrons. The van der Waals surface area contributed by atoms with E-state index in [-0.39, 0.29) is 12.8 Å². The first kappa shape index (κ1) is 12.7. The van der Waals surface area contributed by atoms with Crippen molar-refractivity contribution in [2.75, 3.05) is 0 Å². The molecule has 0 aromatic rings. The predicted molar refractivity (Wildman–Crippen MR) is 48.9 cm³/mol. The van der Waals surface area contributed by atoms with E-state index in [1.807, 2.05) is 0 Å². The van der Waals surface area contributed by atoms with E-state index in [1.54, 1.807) is 0 Å². The summed E-state index contributed by atoms with van der Waals surface area (Å²) in [4.78, 5) is 0. The molecular formula is C9H16F4N2. The highest BCUT2D eigenvalue weighted by atomic mass is 19.3. The van der Waals surface area contributed by atoms with Crippen molar-refractivity contribution in [1.82, 2.24) is 0 Å². The lowest BCUT2D eigenvalue weighted by atomic mass is 9.89. The SMILES string of the molecule is NC1CCC1(F)F.NC1CCCC1(F)F. The second kappa shape index (κ2) is 4.25. The van der Waals surface area contributed by atoms with Crippen molar-refractivity contribution in [3.05, 3.63) is 0 Å². The summed E-state index contributed by atoms with van der Waals surface area (Å²) >= 11 is 0. The molecule has 2 unspecified atom stereocenters. The first-order valence-corrected chi connectivity index (χ1v) is 5.02. The highest BCUT2D eigenvalue weighted by molar-refractivity contribution is 4.90. The summed E-state index contributed by atoms with van der Waals surface area (Å²) in [6.45, 7) is 0. The molecule has 2 nitrogen and oxygen atoms in total. The predicted octanol–water partition coefficient (Wildman–Crippen LogP) is 1.88. The van der Waals surface area contributed by atoms with Crippen LogP contribution < -0.4 is 11.5 Å². The standard InChI is InChI=1S/C5H9F2N.C4H7F2N/c6-5(7)3-1-2-4(5)8;5-4(6)2-1-3(4)7/h4H,1-3,8H2;3H,1-2,7H2. The summed E-state index contributed by atoms with van der Waals surface area (Å²) in [5, 5.41) is 0. The van der Waals surface area contributed by atoms with E-state index in [9.17, 15) is 17.6 Å². The van der Waals surface area contributed by atoms with Crippen LogP contribution in [0, 0.1) is 0 Å². The average Bonchev–Trinajstić information content (AvgIpc) is 2.44. The van der Waals surface area contributed by atoms with Crippen molar-refractivity contribution in [3.63, 3.8) is 0 Å². The fraction of sp³-hybridized carbons (Fsp3) is 1.00. The van der Waals surface area contributed by atoms with Gasteiger partial charge in [0.2, 0.25) is 0 Å². The number of alkyl halides is 4. The van der Waals surface area contributed by atoms with Crippen molar-refractivity contribution in [3.8, 4) is 0 Å². The Bertz CT molecular complexity index is 220. The zero-order valence-corrected chi connectivity index (χ0v) is 8.36. The minimum Gasteiger partial charge on any atom is -0.323 e. The third-order valence-electron chi connectivity index (χ3n) is 2.90. The molecule has 90 valence electrons. The van der Waals surface area contributed by atoms with Crippen LogP contribution in [0.5, 0.6) is 0 Å². The minimum atomic E-state index is -2.57. The van der Waals surface area contributed by atoms with Crippen LogP contribution in [0.2, 0.25) is 0 Å². The Hall–Kier alpha value is -0.360. The average molecular weight is 228 g/mol. The molecule has 0 aromatic heterocycles. The van der Waals surface area contributed by atoms with Gasteiger partial charge in [-0.05, 0) is 19.3 Å². The second-order valence-electron chi connectivity index (χ2n) is 4.17. The van der Waals surface area contributed by atoms with Crippen LogP contribution in [0.1, 0.15) is 32.1 Å². The Morgan fingerprint density at radius 2 is 1.27 bits per heavy atom. The zero-order chi connectivity index (χ0) is 11.7. The van der Waals surface area contributed by atoms with E-state index < -0.39 is 23.9 Å². The van der Waals surface area contributed by atoms with E-state index in [0.29, 0.717) is 19.3 Å². The van der Waals surface area contributed by atoms with Crippen LogP contribution in [-0.2, 0) is 0 Å². The Labute approximate surface area is 86.0 Å². The molecule has 0 aromatic carbocycles. The molecular weight excluding hydrogens is 212 g/mol. The van der Waals surface area contributed by atoms with Gasteiger partial charge in [0.1, 0.15) is 0 Å². The summed E-state index contributed by atoms with van der Waals surface area (Å²) in [5.41, 5.74) is 9.97. The molecule has 0 bridgehead atoms. The van der Waals surface area contributed by atoms with Crippen molar-refractivity contribution in [2.45, 2.75) is 56.0 Å². The van der Waals surface area contributed by atoms with E-state index in [4.69, 9.17) is 11.5 Å². The van der Waals surface area contributed by atoms with Gasteiger partial charge in [-0.15, -0.1) is 0 Å². The lowest BCUT2D eigenvalue weighted by molar-refractivity contribution is -0.0921. The smallest absolute Gasteiger partial charge is 0.262 e. The van der Waals surface area contributed by atoms with Gasteiger partial charge in [-0.25, -0.2) is 17.6 Å². The van der Waals surface area contributed by atoms with Crippen LogP contribution >= 0.6 is 0 Å². The first-order valence-electron chi connectivity index (χ1n) is 5.02. The van der Waals surface area contributed by atoms with Gasteiger partial charge < -0.3 is 11.5 Å². The molecule has 2 aliphatic carbocycles. The molecule has 0 heterocycles. The lowest BCUT2D eigenvalue weighted by Crippen LogP contribution is -2.49. The summed E-state index contributed by atoms with van der Waals surface area (Å²) in [5.74, 6) is -5.11. The van der Waals surface area contributed by atoms with E-state index in [0.717, 1.165) is 0 Å². The lowest BCUT2D eigenvalue weighted by Gasteiger charge is -2.32. The van der Waals surface area contributed by atoms with Crippen molar-refractivity contribution in [2.24, 2.45) is 11.5 Å². The molecule has 0 spiro atoms. The number of nitrogens with two attached hydrogens (primary N) is 2. The van der Waals surface area contributed by atoms with Gasteiger partial charge in [-0.3, -0.25) is 0 Å². The Morgan fingerprint density at radius 3 is 1.33 bits per heavy atom. The maximum absolute atomic E-state index is 12.2. The summed E-state index contributed by atoms with van der Waals surface area (Å²) in [6, 6.07) is -1.73. The number of hydrogen-bond acceptors (Lipinski definition) is 2. The fourth-order valence-electron chi connectivity index (χ4n) is 1.48. The van der Waals surface area contributed by atoms with Gasteiger partial charge >= 0.3 is 0 Å². The molecule has 2 atom stereocenters. The molecule has 4 N–H and O–H groups in total.